The van der Waals surface area contributed by atoms with Gasteiger partial charge in [-0.1, -0.05) is 0 Å². The van der Waals surface area contributed by atoms with Gasteiger partial charge in [0.2, 0.25) is 5.95 Å². The molecular weight excluding hydrogens is 242 g/mol. The van der Waals surface area contributed by atoms with Crippen molar-refractivity contribution in [2.24, 2.45) is 0 Å². The SMILES string of the molecule is COCc1ccnc(N2CC(S(C)(=O)=O)C2)n1. The van der Waals surface area contributed by atoms with Crippen LogP contribution in [0.25, 0.3) is 0 Å². The number of anilines is 1. The van der Waals surface area contributed by atoms with Crippen LogP contribution in [0.1, 0.15) is 5.69 Å². The van der Waals surface area contributed by atoms with Crippen molar-refractivity contribution in [1.29, 1.82) is 0 Å². The molecule has 2 rings (SSSR count). The molecule has 2 heterocycles. The van der Waals surface area contributed by atoms with Gasteiger partial charge in [-0.05, 0) is 6.07 Å². The first kappa shape index (κ1) is 12.3. The molecule has 0 radical (unpaired) electrons. The quantitative estimate of drug-likeness (QED) is 0.747. The first-order valence-corrected chi connectivity index (χ1v) is 7.21. The van der Waals surface area contributed by atoms with E-state index in [0.717, 1.165) is 5.69 Å². The maximum atomic E-state index is 11.3. The summed E-state index contributed by atoms with van der Waals surface area (Å²) in [5.74, 6) is 0.569. The van der Waals surface area contributed by atoms with Crippen LogP contribution in [-0.4, -0.2) is 50.1 Å². The van der Waals surface area contributed by atoms with Crippen LogP contribution in [0, 0.1) is 0 Å². The number of rotatable bonds is 4. The summed E-state index contributed by atoms with van der Waals surface area (Å²) in [5, 5.41) is -0.294. The Labute approximate surface area is 101 Å². The van der Waals surface area contributed by atoms with Gasteiger partial charge in [-0.3, -0.25) is 0 Å². The number of sulfone groups is 1. The van der Waals surface area contributed by atoms with Crippen LogP contribution in [0.5, 0.6) is 0 Å². The number of ether oxygens (including phenoxy) is 1. The number of methoxy groups -OCH3 is 1. The van der Waals surface area contributed by atoms with E-state index >= 15 is 0 Å². The average molecular weight is 257 g/mol. The molecule has 1 aromatic heterocycles. The fraction of sp³-hybridized carbons (Fsp3) is 0.600. The monoisotopic (exact) mass is 257 g/mol. The van der Waals surface area contributed by atoms with Gasteiger partial charge in [0, 0.05) is 32.7 Å². The van der Waals surface area contributed by atoms with E-state index in [9.17, 15) is 8.42 Å². The van der Waals surface area contributed by atoms with Gasteiger partial charge < -0.3 is 9.64 Å². The molecule has 17 heavy (non-hydrogen) atoms. The summed E-state index contributed by atoms with van der Waals surface area (Å²) in [6.45, 7) is 1.36. The molecule has 1 aliphatic heterocycles. The summed E-state index contributed by atoms with van der Waals surface area (Å²) < 4.78 is 27.5. The van der Waals surface area contributed by atoms with Gasteiger partial charge in [-0.25, -0.2) is 18.4 Å². The van der Waals surface area contributed by atoms with Crippen LogP contribution in [0.15, 0.2) is 12.3 Å². The molecule has 0 bridgehead atoms. The molecule has 0 amide bonds. The number of hydrogen-bond donors (Lipinski definition) is 0. The largest absolute Gasteiger partial charge is 0.378 e. The van der Waals surface area contributed by atoms with Crippen molar-refractivity contribution in [3.8, 4) is 0 Å². The van der Waals surface area contributed by atoms with Crippen LogP contribution in [-0.2, 0) is 21.2 Å². The van der Waals surface area contributed by atoms with E-state index in [0.29, 0.717) is 25.6 Å². The lowest BCUT2D eigenvalue weighted by atomic mass is 10.2. The van der Waals surface area contributed by atoms with Gasteiger partial charge in [-0.2, -0.15) is 0 Å². The van der Waals surface area contributed by atoms with E-state index in [1.807, 2.05) is 4.90 Å². The molecule has 1 fully saturated rings. The fourth-order valence-electron chi connectivity index (χ4n) is 1.64. The summed E-state index contributed by atoms with van der Waals surface area (Å²) in [5.41, 5.74) is 0.792. The predicted molar refractivity (Wildman–Crippen MR) is 63.6 cm³/mol. The minimum atomic E-state index is -2.95. The average Bonchev–Trinajstić information content (AvgIpc) is 2.14. The topological polar surface area (TPSA) is 72.4 Å². The van der Waals surface area contributed by atoms with Gasteiger partial charge in [0.15, 0.2) is 9.84 Å². The lowest BCUT2D eigenvalue weighted by molar-refractivity contribution is 0.181. The second kappa shape index (κ2) is 4.58. The molecule has 0 aliphatic carbocycles. The maximum Gasteiger partial charge on any atom is 0.225 e. The Bertz CT molecular complexity index is 497. The van der Waals surface area contributed by atoms with Crippen LogP contribution >= 0.6 is 0 Å². The minimum Gasteiger partial charge on any atom is -0.378 e. The normalized spacial score (nSPS) is 16.9. The van der Waals surface area contributed by atoms with Crippen molar-refractivity contribution in [3.05, 3.63) is 18.0 Å². The Morgan fingerprint density at radius 1 is 1.53 bits per heavy atom. The van der Waals surface area contributed by atoms with Crippen LogP contribution < -0.4 is 4.90 Å². The van der Waals surface area contributed by atoms with E-state index in [2.05, 4.69) is 9.97 Å². The Morgan fingerprint density at radius 2 is 2.24 bits per heavy atom. The zero-order valence-electron chi connectivity index (χ0n) is 9.83. The van der Waals surface area contributed by atoms with Crippen LogP contribution in [0.3, 0.4) is 0 Å². The fourth-order valence-corrected chi connectivity index (χ4v) is 2.54. The van der Waals surface area contributed by atoms with Crippen molar-refractivity contribution >= 4 is 15.8 Å². The summed E-state index contributed by atoms with van der Waals surface area (Å²) >= 11 is 0. The van der Waals surface area contributed by atoms with Gasteiger partial charge in [-0.15, -0.1) is 0 Å². The lowest BCUT2D eigenvalue weighted by Gasteiger charge is -2.37. The third-order valence-corrected chi connectivity index (χ3v) is 4.24. The van der Waals surface area contributed by atoms with Crippen molar-refractivity contribution < 1.29 is 13.2 Å². The standard InChI is InChI=1S/C10H15N3O3S/c1-16-7-8-3-4-11-10(12-8)13-5-9(6-13)17(2,14)15/h3-4,9H,5-7H2,1-2H3. The lowest BCUT2D eigenvalue weighted by Crippen LogP contribution is -2.55. The van der Waals surface area contributed by atoms with Crippen LogP contribution in [0.4, 0.5) is 5.95 Å². The molecule has 0 unspecified atom stereocenters. The van der Waals surface area contributed by atoms with Crippen LogP contribution in [0.2, 0.25) is 0 Å². The molecule has 6 nitrogen and oxygen atoms in total. The predicted octanol–water partition coefficient (Wildman–Crippen LogP) is -0.144. The Balaban J connectivity index is 2.04. The highest BCUT2D eigenvalue weighted by molar-refractivity contribution is 7.91. The van der Waals surface area contributed by atoms with Gasteiger partial charge in [0.05, 0.1) is 17.6 Å². The summed E-state index contributed by atoms with van der Waals surface area (Å²) in [6.07, 6.45) is 2.92. The Hall–Kier alpha value is -1.21. The highest BCUT2D eigenvalue weighted by atomic mass is 32.2. The first-order chi connectivity index (χ1) is 8.00. The van der Waals surface area contributed by atoms with Crippen molar-refractivity contribution in [2.75, 3.05) is 31.4 Å². The third-order valence-electron chi connectivity index (χ3n) is 2.73. The highest BCUT2D eigenvalue weighted by Crippen LogP contribution is 2.20. The maximum absolute atomic E-state index is 11.3. The van der Waals surface area contributed by atoms with Crippen molar-refractivity contribution in [2.45, 2.75) is 11.9 Å². The zero-order chi connectivity index (χ0) is 12.5. The van der Waals surface area contributed by atoms with Gasteiger partial charge in [0.25, 0.3) is 0 Å². The molecule has 7 heteroatoms. The van der Waals surface area contributed by atoms with E-state index in [1.165, 1.54) is 6.26 Å². The number of nitrogens with zero attached hydrogens (tertiary/aromatic N) is 3. The molecule has 0 atom stereocenters. The van der Waals surface area contributed by atoms with E-state index in [-0.39, 0.29) is 5.25 Å². The van der Waals surface area contributed by atoms with E-state index < -0.39 is 9.84 Å². The molecule has 94 valence electrons. The second-order valence-electron chi connectivity index (χ2n) is 4.14. The van der Waals surface area contributed by atoms with E-state index in [1.54, 1.807) is 19.4 Å². The number of hydrogen-bond acceptors (Lipinski definition) is 6. The molecule has 0 N–H and O–H groups in total. The molecule has 1 saturated heterocycles. The molecule has 0 saturated carbocycles. The Kier molecular flexibility index (Phi) is 3.30. The van der Waals surface area contributed by atoms with E-state index in [4.69, 9.17) is 4.74 Å². The first-order valence-electron chi connectivity index (χ1n) is 5.25. The molecule has 0 spiro atoms. The Morgan fingerprint density at radius 3 is 2.82 bits per heavy atom. The molecule has 0 aromatic carbocycles. The molecular formula is C10H15N3O3S. The zero-order valence-corrected chi connectivity index (χ0v) is 10.6. The highest BCUT2D eigenvalue weighted by Gasteiger charge is 2.35. The van der Waals surface area contributed by atoms with Gasteiger partial charge >= 0.3 is 0 Å². The third kappa shape index (κ3) is 2.73. The number of aromatic nitrogens is 2. The summed E-state index contributed by atoms with van der Waals surface area (Å²) in [4.78, 5) is 10.3. The smallest absolute Gasteiger partial charge is 0.225 e. The van der Waals surface area contributed by atoms with Gasteiger partial charge in [0.1, 0.15) is 0 Å². The minimum absolute atomic E-state index is 0.294. The summed E-state index contributed by atoms with van der Waals surface area (Å²) in [7, 11) is -1.35. The van der Waals surface area contributed by atoms with Crippen molar-refractivity contribution in [1.82, 2.24) is 9.97 Å². The van der Waals surface area contributed by atoms with Crippen molar-refractivity contribution in [3.63, 3.8) is 0 Å². The second-order valence-corrected chi connectivity index (χ2v) is 6.46. The summed E-state index contributed by atoms with van der Waals surface area (Å²) in [6, 6.07) is 1.78. The molecule has 1 aromatic rings. The molecule has 1 aliphatic rings.